The normalized spacial score (nSPS) is 15.4. The standard InChI is InChI=1S/C24H18BrFN2O4/c25-17-8-11-19-20(12-17)23(30)28(32-14-16-4-2-1-3-5-16)24(31)21(19)22(29)27-13-15-6-9-18(26)10-7-15/h1-12,21H,13-14H2,(H,27,29). The van der Waals surface area contributed by atoms with Gasteiger partial charge >= 0.3 is 0 Å². The molecule has 0 aliphatic carbocycles. The second-order valence-electron chi connectivity index (χ2n) is 7.21. The Hall–Kier alpha value is -3.36. The van der Waals surface area contributed by atoms with Crippen LogP contribution in [0.25, 0.3) is 0 Å². The summed E-state index contributed by atoms with van der Waals surface area (Å²) in [6.07, 6.45) is 0. The molecule has 0 saturated carbocycles. The van der Waals surface area contributed by atoms with E-state index in [2.05, 4.69) is 21.2 Å². The molecule has 1 aliphatic rings. The number of rotatable bonds is 6. The molecule has 3 amide bonds. The van der Waals surface area contributed by atoms with Gasteiger partial charge in [-0.05, 0) is 41.0 Å². The minimum atomic E-state index is -1.26. The smallest absolute Gasteiger partial charge is 0.285 e. The van der Waals surface area contributed by atoms with Gasteiger partial charge < -0.3 is 5.32 Å². The third kappa shape index (κ3) is 4.61. The molecule has 1 unspecified atom stereocenters. The van der Waals surface area contributed by atoms with Gasteiger partial charge in [0.15, 0.2) is 0 Å². The van der Waals surface area contributed by atoms with Gasteiger partial charge in [-0.1, -0.05) is 64.5 Å². The molecule has 32 heavy (non-hydrogen) atoms. The van der Waals surface area contributed by atoms with Crippen molar-refractivity contribution in [1.29, 1.82) is 0 Å². The van der Waals surface area contributed by atoms with Gasteiger partial charge in [-0.3, -0.25) is 19.2 Å². The zero-order chi connectivity index (χ0) is 22.7. The van der Waals surface area contributed by atoms with E-state index < -0.39 is 23.6 Å². The Morgan fingerprint density at radius 1 is 1.00 bits per heavy atom. The topological polar surface area (TPSA) is 75.7 Å². The van der Waals surface area contributed by atoms with Crippen LogP contribution in [0.3, 0.4) is 0 Å². The van der Waals surface area contributed by atoms with Crippen LogP contribution in [-0.2, 0) is 27.6 Å². The summed E-state index contributed by atoms with van der Waals surface area (Å²) >= 11 is 3.33. The average Bonchev–Trinajstić information content (AvgIpc) is 2.80. The van der Waals surface area contributed by atoms with Crippen LogP contribution in [-0.4, -0.2) is 22.8 Å². The van der Waals surface area contributed by atoms with Crippen LogP contribution in [0.1, 0.15) is 33.0 Å². The number of halogens is 2. The molecular weight excluding hydrogens is 479 g/mol. The van der Waals surface area contributed by atoms with Gasteiger partial charge in [0.25, 0.3) is 11.8 Å². The fourth-order valence-electron chi connectivity index (χ4n) is 3.41. The summed E-state index contributed by atoms with van der Waals surface area (Å²) in [4.78, 5) is 44.7. The Kier molecular flexibility index (Phi) is 6.43. The molecule has 6 nitrogen and oxygen atoms in total. The lowest BCUT2D eigenvalue weighted by molar-refractivity contribution is -0.177. The molecule has 0 aromatic heterocycles. The maximum absolute atomic E-state index is 13.2. The number of fused-ring (bicyclic) bond motifs is 1. The fourth-order valence-corrected chi connectivity index (χ4v) is 3.77. The summed E-state index contributed by atoms with van der Waals surface area (Å²) in [5.74, 6) is -3.62. The van der Waals surface area contributed by atoms with E-state index in [1.807, 2.05) is 18.2 Å². The van der Waals surface area contributed by atoms with Crippen molar-refractivity contribution in [2.45, 2.75) is 19.1 Å². The number of hydroxylamine groups is 2. The number of carbonyl (C=O) groups excluding carboxylic acids is 3. The molecule has 0 bridgehead atoms. The summed E-state index contributed by atoms with van der Waals surface area (Å²) in [6.45, 7) is 0.0964. The molecule has 0 radical (unpaired) electrons. The predicted molar refractivity (Wildman–Crippen MR) is 118 cm³/mol. The number of carbonyl (C=O) groups is 3. The van der Waals surface area contributed by atoms with E-state index in [-0.39, 0.29) is 24.5 Å². The van der Waals surface area contributed by atoms with E-state index in [0.717, 1.165) is 5.56 Å². The zero-order valence-corrected chi connectivity index (χ0v) is 18.3. The van der Waals surface area contributed by atoms with Crippen LogP contribution >= 0.6 is 15.9 Å². The molecular formula is C24H18BrFN2O4. The minimum Gasteiger partial charge on any atom is -0.351 e. The van der Waals surface area contributed by atoms with Gasteiger partial charge in [0, 0.05) is 16.6 Å². The molecule has 8 heteroatoms. The van der Waals surface area contributed by atoms with Crippen molar-refractivity contribution >= 4 is 33.7 Å². The van der Waals surface area contributed by atoms with Crippen LogP contribution in [0.5, 0.6) is 0 Å². The van der Waals surface area contributed by atoms with Crippen molar-refractivity contribution in [3.63, 3.8) is 0 Å². The molecule has 0 spiro atoms. The van der Waals surface area contributed by atoms with Gasteiger partial charge in [-0.2, -0.15) is 0 Å². The SMILES string of the molecule is O=C(NCc1ccc(F)cc1)C1C(=O)N(OCc2ccccc2)C(=O)c2cc(Br)ccc21. The van der Waals surface area contributed by atoms with Crippen LogP contribution in [0, 0.1) is 5.82 Å². The third-order valence-electron chi connectivity index (χ3n) is 5.03. The second kappa shape index (κ2) is 9.42. The molecule has 0 fully saturated rings. The maximum Gasteiger partial charge on any atom is 0.285 e. The predicted octanol–water partition coefficient (Wildman–Crippen LogP) is 4.10. The number of imide groups is 1. The molecule has 4 rings (SSSR count). The van der Waals surface area contributed by atoms with Crippen LogP contribution < -0.4 is 5.32 Å². The average molecular weight is 497 g/mol. The Bertz CT molecular complexity index is 1170. The van der Waals surface area contributed by atoms with Crippen LogP contribution in [0.15, 0.2) is 77.3 Å². The molecule has 3 aromatic carbocycles. The van der Waals surface area contributed by atoms with Crippen molar-refractivity contribution in [3.8, 4) is 0 Å². The monoisotopic (exact) mass is 496 g/mol. The van der Waals surface area contributed by atoms with Crippen molar-refractivity contribution in [2.24, 2.45) is 0 Å². The number of hydrogen-bond acceptors (Lipinski definition) is 4. The van der Waals surface area contributed by atoms with Gasteiger partial charge in [0.2, 0.25) is 5.91 Å². The van der Waals surface area contributed by atoms with E-state index >= 15 is 0 Å². The van der Waals surface area contributed by atoms with E-state index in [9.17, 15) is 18.8 Å². The summed E-state index contributed by atoms with van der Waals surface area (Å²) < 4.78 is 13.7. The van der Waals surface area contributed by atoms with Crippen LogP contribution in [0.4, 0.5) is 4.39 Å². The first kappa shape index (κ1) is 21.9. The number of benzene rings is 3. The fraction of sp³-hybridized carbons (Fsp3) is 0.125. The highest BCUT2D eigenvalue weighted by Crippen LogP contribution is 2.32. The molecule has 162 valence electrons. The van der Waals surface area contributed by atoms with Gasteiger partial charge in [0.1, 0.15) is 18.3 Å². The van der Waals surface area contributed by atoms with Crippen molar-refractivity contribution in [3.05, 3.63) is 105 Å². The number of amides is 3. The van der Waals surface area contributed by atoms with Crippen molar-refractivity contribution in [2.75, 3.05) is 0 Å². The number of hydrogen-bond donors (Lipinski definition) is 1. The second-order valence-corrected chi connectivity index (χ2v) is 8.12. The highest BCUT2D eigenvalue weighted by Gasteiger charge is 2.43. The molecule has 1 N–H and O–H groups in total. The Balaban J connectivity index is 1.58. The highest BCUT2D eigenvalue weighted by molar-refractivity contribution is 9.10. The minimum absolute atomic E-state index is 0.00836. The van der Waals surface area contributed by atoms with E-state index in [1.54, 1.807) is 42.5 Å². The molecule has 3 aromatic rings. The largest absolute Gasteiger partial charge is 0.351 e. The van der Waals surface area contributed by atoms with E-state index in [1.165, 1.54) is 12.1 Å². The Morgan fingerprint density at radius 3 is 2.44 bits per heavy atom. The van der Waals surface area contributed by atoms with Gasteiger partial charge in [-0.25, -0.2) is 4.39 Å². The number of nitrogens with one attached hydrogen (secondary N) is 1. The van der Waals surface area contributed by atoms with Crippen molar-refractivity contribution in [1.82, 2.24) is 10.4 Å². The van der Waals surface area contributed by atoms with E-state index in [0.29, 0.717) is 20.7 Å². The zero-order valence-electron chi connectivity index (χ0n) is 16.8. The first-order valence-corrected chi connectivity index (χ1v) is 10.6. The summed E-state index contributed by atoms with van der Waals surface area (Å²) in [5.41, 5.74) is 1.95. The lowest BCUT2D eigenvalue weighted by atomic mass is 9.88. The van der Waals surface area contributed by atoms with Gasteiger partial charge in [0.05, 0.1) is 0 Å². The van der Waals surface area contributed by atoms with Crippen molar-refractivity contribution < 1.29 is 23.6 Å². The number of nitrogens with zero attached hydrogens (tertiary/aromatic N) is 1. The lowest BCUT2D eigenvalue weighted by Gasteiger charge is -2.31. The van der Waals surface area contributed by atoms with Gasteiger partial charge in [-0.15, -0.1) is 5.06 Å². The molecule has 1 atom stereocenters. The first-order valence-electron chi connectivity index (χ1n) is 9.81. The third-order valence-corrected chi connectivity index (χ3v) is 5.53. The molecule has 1 heterocycles. The summed E-state index contributed by atoms with van der Waals surface area (Å²) in [6, 6.07) is 19.5. The maximum atomic E-state index is 13.2. The Morgan fingerprint density at radius 2 is 1.72 bits per heavy atom. The van der Waals surface area contributed by atoms with E-state index in [4.69, 9.17) is 4.84 Å². The summed E-state index contributed by atoms with van der Waals surface area (Å²) in [7, 11) is 0. The lowest BCUT2D eigenvalue weighted by Crippen LogP contribution is -2.49. The Labute approximate surface area is 192 Å². The quantitative estimate of drug-likeness (QED) is 0.411. The molecule has 1 aliphatic heterocycles. The molecule has 0 saturated heterocycles. The first-order chi connectivity index (χ1) is 15.4. The van der Waals surface area contributed by atoms with Crippen LogP contribution in [0.2, 0.25) is 0 Å². The highest BCUT2D eigenvalue weighted by atomic mass is 79.9. The summed E-state index contributed by atoms with van der Waals surface area (Å²) in [5, 5.41) is 3.35.